The van der Waals surface area contributed by atoms with E-state index >= 15 is 0 Å². The van der Waals surface area contributed by atoms with Crippen LogP contribution >= 0.6 is 0 Å². The number of hydrogen-bond donors (Lipinski definition) is 1. The fourth-order valence-electron chi connectivity index (χ4n) is 2.13. The van der Waals surface area contributed by atoms with E-state index in [-0.39, 0.29) is 5.91 Å². The highest BCUT2D eigenvalue weighted by Crippen LogP contribution is 2.38. The van der Waals surface area contributed by atoms with Gasteiger partial charge < -0.3 is 10.1 Å². The largest absolute Gasteiger partial charge is 0.497 e. The van der Waals surface area contributed by atoms with Crippen LogP contribution in [0.25, 0.3) is 0 Å². The van der Waals surface area contributed by atoms with Crippen molar-refractivity contribution < 1.29 is 9.53 Å². The summed E-state index contributed by atoms with van der Waals surface area (Å²) in [5.74, 6) is 1.20. The molecule has 2 aromatic rings. The van der Waals surface area contributed by atoms with Crippen LogP contribution in [0.4, 0.5) is 0 Å². The molecular formula is C16H17N3O2. The molecule has 5 nitrogen and oxygen atoms in total. The van der Waals surface area contributed by atoms with Crippen LogP contribution in [-0.4, -0.2) is 23.0 Å². The van der Waals surface area contributed by atoms with Gasteiger partial charge in [0.15, 0.2) is 0 Å². The number of benzene rings is 1. The van der Waals surface area contributed by atoms with Gasteiger partial charge in [-0.25, -0.2) is 9.97 Å². The first-order chi connectivity index (χ1) is 10.3. The second-order valence-corrected chi connectivity index (χ2v) is 5.12. The zero-order chi connectivity index (χ0) is 14.7. The first-order valence-corrected chi connectivity index (χ1v) is 6.99. The van der Waals surface area contributed by atoms with Crippen molar-refractivity contribution in [2.24, 2.45) is 0 Å². The van der Waals surface area contributed by atoms with E-state index in [4.69, 9.17) is 4.74 Å². The average molecular weight is 283 g/mol. The molecule has 1 aliphatic rings. The summed E-state index contributed by atoms with van der Waals surface area (Å²) in [4.78, 5) is 20.5. The second-order valence-electron chi connectivity index (χ2n) is 5.12. The Morgan fingerprint density at radius 1 is 1.29 bits per heavy atom. The van der Waals surface area contributed by atoms with Crippen LogP contribution in [0.5, 0.6) is 5.75 Å². The third-order valence-corrected chi connectivity index (χ3v) is 3.52. The Morgan fingerprint density at radius 2 is 2.05 bits per heavy atom. The molecule has 108 valence electrons. The van der Waals surface area contributed by atoms with Gasteiger partial charge in [-0.15, -0.1) is 0 Å². The number of hydrogen-bond acceptors (Lipinski definition) is 4. The summed E-state index contributed by atoms with van der Waals surface area (Å²) < 4.78 is 5.07. The topological polar surface area (TPSA) is 64.1 Å². The lowest BCUT2D eigenvalue weighted by Gasteiger charge is -2.06. The normalized spacial score (nSPS) is 13.8. The molecule has 0 bridgehead atoms. The maximum atomic E-state index is 12.1. The highest BCUT2D eigenvalue weighted by atomic mass is 16.5. The Bertz CT molecular complexity index is 636. The van der Waals surface area contributed by atoms with Gasteiger partial charge in [-0.3, -0.25) is 4.79 Å². The summed E-state index contributed by atoms with van der Waals surface area (Å²) in [7, 11) is 1.60. The number of carbonyl (C=O) groups is 1. The molecule has 0 radical (unpaired) electrons. The molecule has 3 rings (SSSR count). The molecule has 1 aliphatic carbocycles. The van der Waals surface area contributed by atoms with Crippen molar-refractivity contribution in [1.82, 2.24) is 15.3 Å². The minimum absolute atomic E-state index is 0.121. The fourth-order valence-corrected chi connectivity index (χ4v) is 2.13. The van der Waals surface area contributed by atoms with Gasteiger partial charge in [-0.1, -0.05) is 0 Å². The zero-order valence-electron chi connectivity index (χ0n) is 11.9. The highest BCUT2D eigenvalue weighted by molar-refractivity contribution is 5.94. The minimum atomic E-state index is -0.121. The average Bonchev–Trinajstić information content (AvgIpc) is 3.38. The van der Waals surface area contributed by atoms with Gasteiger partial charge in [0, 0.05) is 17.2 Å². The fraction of sp³-hybridized carbons (Fsp3) is 0.312. The first kappa shape index (κ1) is 13.5. The molecule has 1 amide bonds. The van der Waals surface area contributed by atoms with Gasteiger partial charge in [0.1, 0.15) is 12.1 Å². The molecule has 1 fully saturated rings. The number of nitrogens with one attached hydrogen (secondary N) is 1. The Labute approximate surface area is 123 Å². The Hall–Kier alpha value is -2.43. The number of nitrogens with zero attached hydrogens (tertiary/aromatic N) is 2. The van der Waals surface area contributed by atoms with Crippen molar-refractivity contribution in [3.8, 4) is 5.75 Å². The van der Waals surface area contributed by atoms with Crippen molar-refractivity contribution in [3.63, 3.8) is 0 Å². The van der Waals surface area contributed by atoms with E-state index in [1.165, 1.54) is 12.8 Å². The number of amides is 1. The summed E-state index contributed by atoms with van der Waals surface area (Å²) >= 11 is 0. The Balaban J connectivity index is 1.60. The predicted molar refractivity (Wildman–Crippen MR) is 78.2 cm³/mol. The lowest BCUT2D eigenvalue weighted by Crippen LogP contribution is -2.23. The van der Waals surface area contributed by atoms with E-state index in [0.29, 0.717) is 18.0 Å². The summed E-state index contributed by atoms with van der Waals surface area (Å²) in [6.45, 7) is 0.410. The van der Waals surface area contributed by atoms with Crippen molar-refractivity contribution in [1.29, 1.82) is 0 Å². The van der Waals surface area contributed by atoms with Crippen LogP contribution in [0.2, 0.25) is 0 Å². The van der Waals surface area contributed by atoms with Gasteiger partial charge in [-0.2, -0.15) is 0 Å². The third-order valence-electron chi connectivity index (χ3n) is 3.52. The molecule has 1 heterocycles. The minimum Gasteiger partial charge on any atom is -0.497 e. The van der Waals surface area contributed by atoms with Crippen LogP contribution in [0.1, 0.15) is 40.5 Å². The Kier molecular flexibility index (Phi) is 3.81. The maximum absolute atomic E-state index is 12.1. The number of rotatable bonds is 5. The summed E-state index contributed by atoms with van der Waals surface area (Å²) in [5.41, 5.74) is 2.53. The maximum Gasteiger partial charge on any atom is 0.251 e. The summed E-state index contributed by atoms with van der Waals surface area (Å²) in [6, 6.07) is 9.00. The zero-order valence-corrected chi connectivity index (χ0v) is 11.9. The third kappa shape index (κ3) is 3.37. The van der Waals surface area contributed by atoms with Crippen LogP contribution in [0.3, 0.4) is 0 Å². The van der Waals surface area contributed by atoms with Gasteiger partial charge in [-0.05, 0) is 43.2 Å². The predicted octanol–water partition coefficient (Wildman–Crippen LogP) is 2.29. The van der Waals surface area contributed by atoms with E-state index in [1.54, 1.807) is 37.7 Å². The quantitative estimate of drug-likeness (QED) is 0.914. The number of methoxy groups -OCH3 is 1. The van der Waals surface area contributed by atoms with E-state index in [9.17, 15) is 4.79 Å². The van der Waals surface area contributed by atoms with Gasteiger partial charge in [0.05, 0.1) is 19.3 Å². The standard InChI is InChI=1S/C16H17N3O2/c1-21-14-6-4-12(5-7-14)16(20)17-9-13-8-15(11-2-3-11)19-10-18-13/h4-8,10-11H,2-3,9H2,1H3,(H,17,20). The van der Waals surface area contributed by atoms with Crippen LogP contribution in [0, 0.1) is 0 Å². The van der Waals surface area contributed by atoms with Crippen LogP contribution in [-0.2, 0) is 6.54 Å². The van der Waals surface area contributed by atoms with Crippen molar-refractivity contribution in [2.75, 3.05) is 7.11 Å². The molecular weight excluding hydrogens is 266 g/mol. The highest BCUT2D eigenvalue weighted by Gasteiger charge is 2.25. The van der Waals surface area contributed by atoms with Gasteiger partial charge in [0.25, 0.3) is 5.91 Å². The molecule has 0 unspecified atom stereocenters. The van der Waals surface area contributed by atoms with Crippen molar-refractivity contribution in [2.45, 2.75) is 25.3 Å². The lowest BCUT2D eigenvalue weighted by molar-refractivity contribution is 0.0950. The van der Waals surface area contributed by atoms with Crippen LogP contribution < -0.4 is 10.1 Å². The SMILES string of the molecule is COc1ccc(C(=O)NCc2cc(C3CC3)ncn2)cc1. The summed E-state index contributed by atoms with van der Waals surface area (Å²) in [6.07, 6.45) is 3.98. The molecule has 0 aliphatic heterocycles. The van der Waals surface area contributed by atoms with Gasteiger partial charge >= 0.3 is 0 Å². The number of carbonyl (C=O) groups excluding carboxylic acids is 1. The van der Waals surface area contributed by atoms with Crippen LogP contribution in [0.15, 0.2) is 36.7 Å². The van der Waals surface area contributed by atoms with E-state index < -0.39 is 0 Å². The molecule has 21 heavy (non-hydrogen) atoms. The van der Waals surface area contributed by atoms with E-state index in [2.05, 4.69) is 15.3 Å². The number of ether oxygens (including phenoxy) is 1. The molecule has 1 aromatic carbocycles. The van der Waals surface area contributed by atoms with E-state index in [1.807, 2.05) is 6.07 Å². The van der Waals surface area contributed by atoms with Gasteiger partial charge in [0.2, 0.25) is 0 Å². The molecule has 1 saturated carbocycles. The monoisotopic (exact) mass is 283 g/mol. The molecule has 0 atom stereocenters. The first-order valence-electron chi connectivity index (χ1n) is 6.99. The molecule has 0 saturated heterocycles. The lowest BCUT2D eigenvalue weighted by atomic mass is 10.2. The number of aromatic nitrogens is 2. The van der Waals surface area contributed by atoms with Crippen molar-refractivity contribution >= 4 is 5.91 Å². The molecule has 5 heteroatoms. The molecule has 1 aromatic heterocycles. The Morgan fingerprint density at radius 3 is 2.71 bits per heavy atom. The second kappa shape index (κ2) is 5.91. The van der Waals surface area contributed by atoms with Crippen molar-refractivity contribution in [3.05, 3.63) is 53.6 Å². The molecule has 0 spiro atoms. The van der Waals surface area contributed by atoms with E-state index in [0.717, 1.165) is 17.1 Å². The molecule has 1 N–H and O–H groups in total. The smallest absolute Gasteiger partial charge is 0.251 e. The summed E-state index contributed by atoms with van der Waals surface area (Å²) in [5, 5.41) is 2.87.